The molecular formula is C25H21ClN4S. The van der Waals surface area contributed by atoms with E-state index in [-0.39, 0.29) is 0 Å². The first kappa shape index (κ1) is 19.8. The van der Waals surface area contributed by atoms with Crippen LogP contribution in [0, 0.1) is 0 Å². The van der Waals surface area contributed by atoms with Gasteiger partial charge in [-0.3, -0.25) is 0 Å². The molecule has 2 heterocycles. The van der Waals surface area contributed by atoms with Gasteiger partial charge in [0.1, 0.15) is 0 Å². The van der Waals surface area contributed by atoms with Gasteiger partial charge in [-0.1, -0.05) is 60.1 Å². The Labute approximate surface area is 189 Å². The van der Waals surface area contributed by atoms with Gasteiger partial charge in [-0.25, -0.2) is 9.98 Å². The average molecular weight is 445 g/mol. The van der Waals surface area contributed by atoms with Crippen LogP contribution in [0.15, 0.2) is 95.8 Å². The van der Waals surface area contributed by atoms with Crippen LogP contribution in [0.4, 0.5) is 5.69 Å². The first-order valence-corrected chi connectivity index (χ1v) is 11.5. The zero-order chi connectivity index (χ0) is 21.0. The van der Waals surface area contributed by atoms with Gasteiger partial charge in [-0.15, -0.1) is 11.3 Å². The zero-order valence-corrected chi connectivity index (χ0v) is 18.4. The van der Waals surface area contributed by atoms with Crippen LogP contribution in [-0.4, -0.2) is 14.1 Å². The molecule has 6 heteroatoms. The fraction of sp³-hybridized carbons (Fsp3) is 0.120. The van der Waals surface area contributed by atoms with Gasteiger partial charge in [0.15, 0.2) is 4.80 Å². The van der Waals surface area contributed by atoms with Gasteiger partial charge in [-0.05, 0) is 35.4 Å². The molecule has 0 radical (unpaired) electrons. The second-order valence-electron chi connectivity index (χ2n) is 7.33. The number of fused-ring (bicyclic) bond motifs is 1. The van der Waals surface area contributed by atoms with Gasteiger partial charge in [0.2, 0.25) is 0 Å². The highest BCUT2D eigenvalue weighted by Gasteiger charge is 2.11. The molecule has 0 amide bonds. The van der Waals surface area contributed by atoms with E-state index in [1.807, 2.05) is 43.0 Å². The van der Waals surface area contributed by atoms with E-state index in [1.165, 1.54) is 22.0 Å². The molecule has 0 spiro atoms. The van der Waals surface area contributed by atoms with E-state index in [2.05, 4.69) is 62.0 Å². The van der Waals surface area contributed by atoms with Crippen molar-refractivity contribution in [2.75, 3.05) is 0 Å². The van der Waals surface area contributed by atoms with Crippen LogP contribution in [-0.2, 0) is 13.1 Å². The summed E-state index contributed by atoms with van der Waals surface area (Å²) in [6.07, 6.45) is 6.66. The summed E-state index contributed by atoms with van der Waals surface area (Å²) in [5.74, 6) is 0. The van der Waals surface area contributed by atoms with Crippen molar-refractivity contribution in [3.63, 3.8) is 0 Å². The number of halogens is 1. The molecule has 0 bridgehead atoms. The number of thiazole rings is 1. The minimum Gasteiger partial charge on any atom is -0.337 e. The molecule has 0 aliphatic heterocycles. The molecule has 154 valence electrons. The van der Waals surface area contributed by atoms with E-state index in [0.29, 0.717) is 5.02 Å². The highest BCUT2D eigenvalue weighted by atomic mass is 35.5. The molecule has 0 saturated carbocycles. The molecule has 0 atom stereocenters. The summed E-state index contributed by atoms with van der Waals surface area (Å²) in [7, 11) is 0. The Morgan fingerprint density at radius 2 is 1.84 bits per heavy atom. The lowest BCUT2D eigenvalue weighted by Crippen LogP contribution is -2.17. The third-order valence-electron chi connectivity index (χ3n) is 5.25. The van der Waals surface area contributed by atoms with Gasteiger partial charge in [0.25, 0.3) is 0 Å². The lowest BCUT2D eigenvalue weighted by molar-refractivity contribution is 0.559. The Balaban J connectivity index is 1.59. The maximum Gasteiger partial charge on any atom is 0.190 e. The Kier molecular flexibility index (Phi) is 5.69. The van der Waals surface area contributed by atoms with Crippen LogP contribution in [0.2, 0.25) is 5.02 Å². The molecule has 2 aromatic heterocycles. The standard InChI is InChI=1S/C25H21ClN4S/c26-20-8-4-9-21(16-20)28-25-30(14-5-13-29-15-12-27-18-29)24(17-31-25)23-11-3-7-19-6-1-2-10-22(19)23/h1-4,6-12,15-18H,5,13-14H2. The van der Waals surface area contributed by atoms with E-state index in [0.717, 1.165) is 30.0 Å². The lowest BCUT2D eigenvalue weighted by Gasteiger charge is -2.12. The van der Waals surface area contributed by atoms with Crippen LogP contribution in [0.1, 0.15) is 6.42 Å². The molecule has 4 nitrogen and oxygen atoms in total. The van der Waals surface area contributed by atoms with Crippen LogP contribution in [0.25, 0.3) is 22.0 Å². The second-order valence-corrected chi connectivity index (χ2v) is 8.60. The third kappa shape index (κ3) is 4.33. The Bertz CT molecular complexity index is 1380. The summed E-state index contributed by atoms with van der Waals surface area (Å²) in [5.41, 5.74) is 3.28. The van der Waals surface area contributed by atoms with Crippen molar-refractivity contribution in [1.29, 1.82) is 0 Å². The van der Waals surface area contributed by atoms with Gasteiger partial charge in [0, 0.05) is 41.4 Å². The van der Waals surface area contributed by atoms with Crippen molar-refractivity contribution < 1.29 is 0 Å². The molecule has 0 saturated heterocycles. The molecule has 0 aliphatic rings. The second kappa shape index (κ2) is 8.92. The summed E-state index contributed by atoms with van der Waals surface area (Å²) >= 11 is 7.85. The van der Waals surface area contributed by atoms with Crippen molar-refractivity contribution in [1.82, 2.24) is 14.1 Å². The maximum atomic E-state index is 6.19. The molecule has 3 aromatic carbocycles. The lowest BCUT2D eigenvalue weighted by atomic mass is 10.0. The Morgan fingerprint density at radius 3 is 2.71 bits per heavy atom. The number of imidazole rings is 1. The molecule has 0 N–H and O–H groups in total. The van der Waals surface area contributed by atoms with Crippen LogP contribution >= 0.6 is 22.9 Å². The highest BCUT2D eigenvalue weighted by Crippen LogP contribution is 2.29. The van der Waals surface area contributed by atoms with Gasteiger partial charge < -0.3 is 9.13 Å². The molecule has 0 aliphatic carbocycles. The molecule has 31 heavy (non-hydrogen) atoms. The van der Waals surface area contributed by atoms with Crippen molar-refractivity contribution in [3.8, 4) is 11.3 Å². The van der Waals surface area contributed by atoms with E-state index >= 15 is 0 Å². The molecule has 5 rings (SSSR count). The fourth-order valence-corrected chi connectivity index (χ4v) is 4.92. The van der Waals surface area contributed by atoms with E-state index in [9.17, 15) is 0 Å². The minimum absolute atomic E-state index is 0.693. The SMILES string of the molecule is Clc1cccc(N=c2scc(-c3cccc4ccccc34)n2CCCn2ccnc2)c1. The van der Waals surface area contributed by atoms with Crippen molar-refractivity contribution in [3.05, 3.63) is 101 Å². The van der Waals surface area contributed by atoms with Gasteiger partial charge in [-0.2, -0.15) is 0 Å². The Morgan fingerprint density at radius 1 is 0.968 bits per heavy atom. The van der Waals surface area contributed by atoms with Crippen molar-refractivity contribution >= 4 is 39.4 Å². The zero-order valence-electron chi connectivity index (χ0n) is 16.9. The summed E-state index contributed by atoms with van der Waals surface area (Å²) in [5, 5.41) is 5.39. The first-order chi connectivity index (χ1) is 15.3. The van der Waals surface area contributed by atoms with Crippen molar-refractivity contribution in [2.45, 2.75) is 19.5 Å². The number of hydrogen-bond acceptors (Lipinski definition) is 3. The number of nitrogens with zero attached hydrogens (tertiary/aromatic N) is 4. The summed E-state index contributed by atoms with van der Waals surface area (Å²) in [4.78, 5) is 10.0. The monoisotopic (exact) mass is 444 g/mol. The quantitative estimate of drug-likeness (QED) is 0.292. The van der Waals surface area contributed by atoms with Crippen LogP contribution < -0.4 is 4.80 Å². The fourth-order valence-electron chi connectivity index (χ4n) is 3.79. The smallest absolute Gasteiger partial charge is 0.190 e. The number of rotatable bonds is 6. The van der Waals surface area contributed by atoms with Crippen molar-refractivity contribution in [2.24, 2.45) is 4.99 Å². The number of hydrogen-bond donors (Lipinski definition) is 0. The Hall–Kier alpha value is -3.15. The predicted molar refractivity (Wildman–Crippen MR) is 129 cm³/mol. The topological polar surface area (TPSA) is 35.1 Å². The van der Waals surface area contributed by atoms with E-state index in [1.54, 1.807) is 11.3 Å². The predicted octanol–water partition coefficient (Wildman–Crippen LogP) is 6.54. The normalized spacial score (nSPS) is 12.0. The molecule has 5 aromatic rings. The summed E-state index contributed by atoms with van der Waals surface area (Å²) < 4.78 is 4.43. The minimum atomic E-state index is 0.693. The molecule has 0 unspecified atom stereocenters. The van der Waals surface area contributed by atoms with Crippen LogP contribution in [0.5, 0.6) is 0 Å². The number of benzene rings is 3. The number of aromatic nitrogens is 3. The highest BCUT2D eigenvalue weighted by molar-refractivity contribution is 7.07. The maximum absolute atomic E-state index is 6.19. The van der Waals surface area contributed by atoms with Gasteiger partial charge >= 0.3 is 0 Å². The number of aryl methyl sites for hydroxylation is 1. The van der Waals surface area contributed by atoms with Crippen LogP contribution in [0.3, 0.4) is 0 Å². The van der Waals surface area contributed by atoms with E-state index < -0.39 is 0 Å². The van der Waals surface area contributed by atoms with E-state index in [4.69, 9.17) is 16.6 Å². The summed E-state index contributed by atoms with van der Waals surface area (Å²) in [6, 6.07) is 22.7. The summed E-state index contributed by atoms with van der Waals surface area (Å²) in [6.45, 7) is 1.77. The average Bonchev–Trinajstić information content (AvgIpc) is 3.44. The largest absolute Gasteiger partial charge is 0.337 e. The molecule has 0 fully saturated rings. The third-order valence-corrected chi connectivity index (χ3v) is 6.35. The molecular weight excluding hydrogens is 424 g/mol. The first-order valence-electron chi connectivity index (χ1n) is 10.2. The van der Waals surface area contributed by atoms with Gasteiger partial charge in [0.05, 0.1) is 17.7 Å².